The van der Waals surface area contributed by atoms with Crippen molar-refractivity contribution in [2.24, 2.45) is 0 Å². The quantitative estimate of drug-likeness (QED) is 0.0177. The molecule has 11 nitrogen and oxygen atoms in total. The number of aliphatic hydroxyl groups is 2. The van der Waals surface area contributed by atoms with Gasteiger partial charge in [0.2, 0.25) is 0 Å². The standard InChI is InChI=1S/C46H79O11P/c1-3-5-7-9-11-13-14-15-16-17-18-19-20-22-24-26-31-35-45(49)53-39-42(40-55-58(51,52)54-38-41(48)37-47)56-46(50)36-32-28-27-30-34-44-43(57-44)33-29-25-23-21-12-10-8-6-4-2/h11-13,15-16,21,25,27,29-30,41-44,47-48H,3-10,14,17-20,22-24,26,28,31-40H2,1-2H3,(H,51,52)/b13-11-,16-15-,21-12-,29-25-,30-27-/t41-,42+,43?,44?/m0/s1. The molecule has 12 heteroatoms. The fraction of sp³-hybridized carbons (Fsp3) is 0.739. The van der Waals surface area contributed by atoms with Crippen LogP contribution in [-0.2, 0) is 37.4 Å². The minimum atomic E-state index is -4.64. The lowest BCUT2D eigenvalue weighted by Gasteiger charge is -2.20. The molecule has 5 atom stereocenters. The van der Waals surface area contributed by atoms with Crippen molar-refractivity contribution in [1.29, 1.82) is 0 Å². The summed E-state index contributed by atoms with van der Waals surface area (Å²) >= 11 is 0. The average molecular weight is 839 g/mol. The van der Waals surface area contributed by atoms with E-state index in [1.807, 2.05) is 6.08 Å². The lowest BCUT2D eigenvalue weighted by atomic mass is 10.1. The molecular weight excluding hydrogens is 759 g/mol. The molecule has 3 unspecified atom stereocenters. The molecule has 0 aromatic carbocycles. The number of phosphoric ester groups is 1. The summed E-state index contributed by atoms with van der Waals surface area (Å²) in [7, 11) is -4.64. The minimum absolute atomic E-state index is 0.0959. The van der Waals surface area contributed by atoms with E-state index >= 15 is 0 Å². The number of carbonyl (C=O) groups excluding carboxylic acids is 2. The van der Waals surface area contributed by atoms with E-state index in [-0.39, 0.29) is 31.7 Å². The molecule has 0 bridgehead atoms. The smallest absolute Gasteiger partial charge is 0.462 e. The molecule has 1 heterocycles. The van der Waals surface area contributed by atoms with Crippen molar-refractivity contribution in [3.8, 4) is 0 Å². The lowest BCUT2D eigenvalue weighted by molar-refractivity contribution is -0.161. The summed E-state index contributed by atoms with van der Waals surface area (Å²) < 4.78 is 38.5. The average Bonchev–Trinajstić information content (AvgIpc) is 3.97. The Balaban J connectivity index is 2.30. The van der Waals surface area contributed by atoms with E-state index in [9.17, 15) is 24.2 Å². The van der Waals surface area contributed by atoms with Crippen molar-refractivity contribution >= 4 is 19.8 Å². The number of hydrogen-bond acceptors (Lipinski definition) is 10. The second-order valence-electron chi connectivity index (χ2n) is 15.1. The molecule has 0 saturated carbocycles. The molecule has 0 aromatic rings. The molecule has 0 aliphatic carbocycles. The van der Waals surface area contributed by atoms with Crippen LogP contribution in [0.3, 0.4) is 0 Å². The second-order valence-corrected chi connectivity index (χ2v) is 16.6. The first-order chi connectivity index (χ1) is 28.2. The Morgan fingerprint density at radius 3 is 1.66 bits per heavy atom. The molecule has 1 aliphatic heterocycles. The van der Waals surface area contributed by atoms with E-state index in [0.717, 1.165) is 57.8 Å². The van der Waals surface area contributed by atoms with Crippen molar-refractivity contribution in [2.75, 3.05) is 26.4 Å². The fourth-order valence-electron chi connectivity index (χ4n) is 5.94. The highest BCUT2D eigenvalue weighted by atomic mass is 31.2. The first-order valence-electron chi connectivity index (χ1n) is 22.4. The Kier molecular flexibility index (Phi) is 34.8. The summed E-state index contributed by atoms with van der Waals surface area (Å²) in [5.41, 5.74) is 0. The molecule has 3 N–H and O–H groups in total. The zero-order chi connectivity index (χ0) is 42.4. The predicted octanol–water partition coefficient (Wildman–Crippen LogP) is 10.9. The normalized spacial score (nSPS) is 17.9. The maximum Gasteiger partial charge on any atom is 0.472 e. The van der Waals surface area contributed by atoms with Gasteiger partial charge >= 0.3 is 19.8 Å². The molecule has 0 spiro atoms. The van der Waals surface area contributed by atoms with Crippen molar-refractivity contribution in [3.63, 3.8) is 0 Å². The highest BCUT2D eigenvalue weighted by molar-refractivity contribution is 7.47. The summed E-state index contributed by atoms with van der Waals surface area (Å²) in [6.45, 7) is 2.23. The van der Waals surface area contributed by atoms with Gasteiger partial charge in [0.15, 0.2) is 6.10 Å². The van der Waals surface area contributed by atoms with Gasteiger partial charge in [0.05, 0.1) is 32.0 Å². The number of epoxide rings is 1. The van der Waals surface area contributed by atoms with Crippen LogP contribution in [0, 0.1) is 0 Å². The number of ether oxygens (including phenoxy) is 3. The molecule has 58 heavy (non-hydrogen) atoms. The van der Waals surface area contributed by atoms with Gasteiger partial charge < -0.3 is 29.3 Å². The van der Waals surface area contributed by atoms with Crippen LogP contribution in [-0.4, -0.2) is 77.9 Å². The summed E-state index contributed by atoms with van der Waals surface area (Å²) in [6.07, 6.45) is 43.5. The molecule has 1 aliphatic rings. The van der Waals surface area contributed by atoms with Crippen molar-refractivity contribution in [3.05, 3.63) is 60.8 Å². The van der Waals surface area contributed by atoms with Gasteiger partial charge in [-0.05, 0) is 83.5 Å². The topological polar surface area (TPSA) is 161 Å². The Hall–Kier alpha value is -2.37. The minimum Gasteiger partial charge on any atom is -0.462 e. The third-order valence-electron chi connectivity index (χ3n) is 9.55. The van der Waals surface area contributed by atoms with Gasteiger partial charge in [-0.2, -0.15) is 0 Å². The van der Waals surface area contributed by atoms with Gasteiger partial charge in [0.1, 0.15) is 12.7 Å². The van der Waals surface area contributed by atoms with E-state index in [1.165, 1.54) is 64.2 Å². The highest BCUT2D eigenvalue weighted by Crippen LogP contribution is 2.43. The van der Waals surface area contributed by atoms with E-state index in [0.29, 0.717) is 19.3 Å². The monoisotopic (exact) mass is 839 g/mol. The number of rotatable bonds is 40. The predicted molar refractivity (Wildman–Crippen MR) is 232 cm³/mol. The number of aliphatic hydroxyl groups excluding tert-OH is 2. The van der Waals surface area contributed by atoms with Crippen LogP contribution in [0.5, 0.6) is 0 Å². The van der Waals surface area contributed by atoms with Crippen molar-refractivity contribution in [2.45, 2.75) is 192 Å². The maximum atomic E-state index is 12.6. The van der Waals surface area contributed by atoms with Crippen LogP contribution >= 0.6 is 7.82 Å². The summed E-state index contributed by atoms with van der Waals surface area (Å²) in [4.78, 5) is 35.1. The molecule has 0 aromatic heterocycles. The Morgan fingerprint density at radius 2 is 1.07 bits per heavy atom. The first-order valence-corrected chi connectivity index (χ1v) is 23.9. The van der Waals surface area contributed by atoms with Crippen LogP contribution in [0.25, 0.3) is 0 Å². The fourth-order valence-corrected chi connectivity index (χ4v) is 6.73. The third kappa shape index (κ3) is 34.5. The van der Waals surface area contributed by atoms with Gasteiger partial charge in [-0.15, -0.1) is 0 Å². The molecule has 334 valence electrons. The van der Waals surface area contributed by atoms with E-state index in [1.54, 1.807) is 0 Å². The maximum absolute atomic E-state index is 12.6. The largest absolute Gasteiger partial charge is 0.472 e. The second kappa shape index (κ2) is 37.6. The van der Waals surface area contributed by atoms with Gasteiger partial charge in [-0.3, -0.25) is 18.6 Å². The number of esters is 2. The summed E-state index contributed by atoms with van der Waals surface area (Å²) in [6, 6.07) is 0. The van der Waals surface area contributed by atoms with Gasteiger partial charge in [0.25, 0.3) is 0 Å². The molecule has 0 radical (unpaired) electrons. The lowest BCUT2D eigenvalue weighted by Crippen LogP contribution is -2.29. The molecule has 1 fully saturated rings. The highest BCUT2D eigenvalue weighted by Gasteiger charge is 2.36. The third-order valence-corrected chi connectivity index (χ3v) is 10.5. The number of hydrogen-bond donors (Lipinski definition) is 3. The van der Waals surface area contributed by atoms with Crippen molar-refractivity contribution < 1.29 is 52.5 Å². The van der Waals surface area contributed by atoms with Crippen LogP contribution in [0.1, 0.15) is 168 Å². The number of carbonyl (C=O) groups is 2. The zero-order valence-electron chi connectivity index (χ0n) is 35.9. The summed E-state index contributed by atoms with van der Waals surface area (Å²) in [5, 5.41) is 18.4. The SMILES string of the molecule is CCCCC/C=C\C/C=C\CCCCCCCCCC(=O)OC[C@H](COP(=O)(O)OC[C@@H](O)CO)OC(=O)CCC/C=C\CC1OC1C/C=C\C/C=C\CCCCC. The number of unbranched alkanes of at least 4 members (excludes halogenated alkanes) is 14. The van der Waals surface area contributed by atoms with Gasteiger partial charge in [-0.1, -0.05) is 132 Å². The summed E-state index contributed by atoms with van der Waals surface area (Å²) in [5.74, 6) is -1.01. The Bertz CT molecular complexity index is 1210. The molecular formula is C46H79O11P. The van der Waals surface area contributed by atoms with Crippen LogP contribution in [0.4, 0.5) is 0 Å². The van der Waals surface area contributed by atoms with Crippen LogP contribution in [0.2, 0.25) is 0 Å². The van der Waals surface area contributed by atoms with Crippen LogP contribution < -0.4 is 0 Å². The van der Waals surface area contributed by atoms with Gasteiger partial charge in [-0.25, -0.2) is 4.57 Å². The molecule has 1 saturated heterocycles. The number of phosphoric acid groups is 1. The Morgan fingerprint density at radius 1 is 0.603 bits per heavy atom. The molecule has 1 rings (SSSR count). The number of allylic oxidation sites excluding steroid dienone is 8. The van der Waals surface area contributed by atoms with E-state index in [4.69, 9.17) is 23.8 Å². The Labute approximate surface area is 351 Å². The first kappa shape index (κ1) is 53.6. The molecule has 0 amide bonds. The van der Waals surface area contributed by atoms with Crippen LogP contribution in [0.15, 0.2) is 60.8 Å². The zero-order valence-corrected chi connectivity index (χ0v) is 36.8. The van der Waals surface area contributed by atoms with Gasteiger partial charge in [0, 0.05) is 12.8 Å². The van der Waals surface area contributed by atoms with E-state index in [2.05, 4.69) is 73.1 Å². The van der Waals surface area contributed by atoms with E-state index < -0.39 is 51.8 Å². The van der Waals surface area contributed by atoms with Crippen molar-refractivity contribution in [1.82, 2.24) is 0 Å².